The van der Waals surface area contributed by atoms with Crippen LogP contribution in [0.4, 0.5) is 5.69 Å². The molecule has 2 rings (SSSR count). The van der Waals surface area contributed by atoms with Crippen molar-refractivity contribution in [1.29, 1.82) is 0 Å². The van der Waals surface area contributed by atoms with E-state index in [0.717, 1.165) is 19.3 Å². The molecule has 1 heterocycles. The highest BCUT2D eigenvalue weighted by Crippen LogP contribution is 2.14. The molecule has 1 amide bonds. The molecule has 0 aliphatic carbocycles. The van der Waals surface area contributed by atoms with Gasteiger partial charge in [0.05, 0.1) is 0 Å². The van der Waals surface area contributed by atoms with E-state index >= 15 is 0 Å². The number of anilines is 1. The van der Waals surface area contributed by atoms with E-state index in [9.17, 15) is 9.59 Å². The van der Waals surface area contributed by atoms with Gasteiger partial charge in [-0.05, 0) is 49.8 Å². The Labute approximate surface area is 129 Å². The van der Waals surface area contributed by atoms with Gasteiger partial charge in [0.1, 0.15) is 0 Å². The molecule has 1 aromatic heterocycles. The lowest BCUT2D eigenvalue weighted by molar-refractivity contribution is -0.116. The highest BCUT2D eigenvalue weighted by molar-refractivity contribution is 7.09. The van der Waals surface area contributed by atoms with Crippen molar-refractivity contribution in [2.75, 3.05) is 5.32 Å². The number of carbonyl (C=O) groups is 2. The van der Waals surface area contributed by atoms with Crippen LogP contribution in [0.2, 0.25) is 0 Å². The zero-order valence-electron chi connectivity index (χ0n) is 12.1. The smallest absolute Gasteiger partial charge is 0.224 e. The number of unbranched alkanes of at least 4 members (excludes halogenated alkanes) is 1. The van der Waals surface area contributed by atoms with Crippen LogP contribution in [-0.2, 0) is 11.2 Å². The molecule has 4 heteroatoms. The number of amides is 1. The Bertz CT molecular complexity index is 605. The van der Waals surface area contributed by atoms with E-state index in [1.54, 1.807) is 35.6 Å². The predicted octanol–water partition coefficient (Wildman–Crippen LogP) is 4.30. The number of aryl methyl sites for hydroxylation is 1. The maximum Gasteiger partial charge on any atom is 0.224 e. The number of thiophene rings is 1. The van der Waals surface area contributed by atoms with E-state index in [2.05, 4.69) is 22.8 Å². The minimum absolute atomic E-state index is 0.00174. The van der Waals surface area contributed by atoms with E-state index in [-0.39, 0.29) is 11.7 Å². The first-order chi connectivity index (χ1) is 10.1. The third-order valence-electron chi connectivity index (χ3n) is 3.21. The maximum atomic E-state index is 11.9. The Hall–Kier alpha value is -1.94. The quantitative estimate of drug-likeness (QED) is 0.612. The third-order valence-corrected chi connectivity index (χ3v) is 4.15. The number of nitrogens with one attached hydrogen (secondary N) is 1. The Morgan fingerprint density at radius 1 is 1.14 bits per heavy atom. The summed E-state index contributed by atoms with van der Waals surface area (Å²) in [7, 11) is 0. The second-order valence-corrected chi connectivity index (χ2v) is 6.00. The summed E-state index contributed by atoms with van der Waals surface area (Å²) in [6.07, 6.45) is 3.43. The second-order valence-electron chi connectivity index (χ2n) is 4.97. The van der Waals surface area contributed by atoms with Crippen molar-refractivity contribution in [1.82, 2.24) is 0 Å². The Balaban J connectivity index is 1.74. The molecule has 110 valence electrons. The molecule has 0 aliphatic rings. The first-order valence-electron chi connectivity index (χ1n) is 7.08. The van der Waals surface area contributed by atoms with E-state index in [1.165, 1.54) is 11.8 Å². The summed E-state index contributed by atoms with van der Waals surface area (Å²) >= 11 is 1.76. The van der Waals surface area contributed by atoms with E-state index in [1.807, 2.05) is 0 Å². The lowest BCUT2D eigenvalue weighted by atomic mass is 10.1. The third kappa shape index (κ3) is 5.16. The molecule has 0 unspecified atom stereocenters. The van der Waals surface area contributed by atoms with Crippen molar-refractivity contribution in [3.8, 4) is 0 Å². The highest BCUT2D eigenvalue weighted by Gasteiger charge is 2.05. The van der Waals surface area contributed by atoms with E-state index in [0.29, 0.717) is 17.7 Å². The molecule has 0 saturated carbocycles. The first-order valence-corrected chi connectivity index (χ1v) is 7.96. The summed E-state index contributed by atoms with van der Waals surface area (Å²) < 4.78 is 0. The van der Waals surface area contributed by atoms with Crippen molar-refractivity contribution in [3.63, 3.8) is 0 Å². The maximum absolute atomic E-state index is 11.9. The zero-order chi connectivity index (χ0) is 15.1. The van der Waals surface area contributed by atoms with Crippen LogP contribution in [0.3, 0.4) is 0 Å². The summed E-state index contributed by atoms with van der Waals surface area (Å²) in [5.41, 5.74) is 1.30. The number of rotatable bonds is 7. The number of ketones is 1. The summed E-state index contributed by atoms with van der Waals surface area (Å²) in [6.45, 7) is 1.52. The molecule has 1 N–H and O–H groups in total. The molecular weight excluding hydrogens is 282 g/mol. The first kappa shape index (κ1) is 15.4. The summed E-state index contributed by atoms with van der Waals surface area (Å²) in [5, 5.41) is 4.92. The van der Waals surface area contributed by atoms with Gasteiger partial charge in [-0.25, -0.2) is 0 Å². The van der Waals surface area contributed by atoms with Crippen molar-refractivity contribution < 1.29 is 9.59 Å². The topological polar surface area (TPSA) is 46.2 Å². The molecule has 0 aliphatic heterocycles. The summed E-state index contributed by atoms with van der Waals surface area (Å²) in [4.78, 5) is 24.5. The van der Waals surface area contributed by atoms with Crippen molar-refractivity contribution in [2.45, 2.75) is 32.6 Å². The number of carbonyl (C=O) groups excluding carboxylic acids is 2. The molecule has 1 aromatic carbocycles. The van der Waals surface area contributed by atoms with Crippen LogP contribution in [0.1, 0.15) is 41.4 Å². The van der Waals surface area contributed by atoms with Gasteiger partial charge in [-0.2, -0.15) is 0 Å². The number of benzene rings is 1. The van der Waals surface area contributed by atoms with Crippen LogP contribution >= 0.6 is 11.3 Å². The molecular formula is C17H19NO2S. The fourth-order valence-corrected chi connectivity index (χ4v) is 2.83. The van der Waals surface area contributed by atoms with Gasteiger partial charge in [0.25, 0.3) is 0 Å². The van der Waals surface area contributed by atoms with Crippen LogP contribution in [0.15, 0.2) is 41.8 Å². The predicted molar refractivity (Wildman–Crippen MR) is 87.0 cm³/mol. The normalized spacial score (nSPS) is 10.3. The Morgan fingerprint density at radius 3 is 2.71 bits per heavy atom. The molecule has 0 fully saturated rings. The molecule has 0 atom stereocenters. The van der Waals surface area contributed by atoms with Gasteiger partial charge in [0.15, 0.2) is 5.78 Å². The van der Waals surface area contributed by atoms with Gasteiger partial charge < -0.3 is 5.32 Å². The highest BCUT2D eigenvalue weighted by atomic mass is 32.1. The SMILES string of the molecule is CC(=O)c1cccc(NC(=O)CCCCc2cccs2)c1. The van der Waals surface area contributed by atoms with Gasteiger partial charge in [-0.1, -0.05) is 18.2 Å². The second kappa shape index (κ2) is 7.74. The average Bonchev–Trinajstić information content (AvgIpc) is 2.97. The lowest BCUT2D eigenvalue weighted by Gasteiger charge is -2.06. The lowest BCUT2D eigenvalue weighted by Crippen LogP contribution is -2.11. The molecule has 21 heavy (non-hydrogen) atoms. The number of hydrogen-bond donors (Lipinski definition) is 1. The van der Waals surface area contributed by atoms with Crippen LogP contribution in [-0.4, -0.2) is 11.7 Å². The van der Waals surface area contributed by atoms with Crippen LogP contribution < -0.4 is 5.32 Å². The van der Waals surface area contributed by atoms with Crippen LogP contribution in [0.5, 0.6) is 0 Å². The Morgan fingerprint density at radius 2 is 2.00 bits per heavy atom. The molecule has 0 radical (unpaired) electrons. The fraction of sp³-hybridized carbons (Fsp3) is 0.294. The monoisotopic (exact) mass is 301 g/mol. The standard InChI is InChI=1S/C17H19NO2S/c1-13(19)14-6-4-7-15(12-14)18-17(20)10-3-2-8-16-9-5-11-21-16/h4-7,9,11-12H,2-3,8,10H2,1H3,(H,18,20). The fourth-order valence-electron chi connectivity index (χ4n) is 2.08. The zero-order valence-corrected chi connectivity index (χ0v) is 12.9. The number of hydrogen-bond acceptors (Lipinski definition) is 3. The average molecular weight is 301 g/mol. The summed E-state index contributed by atoms with van der Waals surface area (Å²) in [6, 6.07) is 11.2. The van der Waals surface area contributed by atoms with Crippen molar-refractivity contribution in [2.24, 2.45) is 0 Å². The molecule has 0 bridgehead atoms. The van der Waals surface area contributed by atoms with Gasteiger partial charge in [0, 0.05) is 22.5 Å². The van der Waals surface area contributed by atoms with Crippen LogP contribution in [0, 0.1) is 0 Å². The number of Topliss-reactive ketones (excluding diaryl/α,β-unsaturated/α-hetero) is 1. The molecule has 3 nitrogen and oxygen atoms in total. The molecule has 0 saturated heterocycles. The van der Waals surface area contributed by atoms with Gasteiger partial charge in [-0.15, -0.1) is 11.3 Å². The van der Waals surface area contributed by atoms with Gasteiger partial charge in [0.2, 0.25) is 5.91 Å². The van der Waals surface area contributed by atoms with Gasteiger partial charge in [-0.3, -0.25) is 9.59 Å². The van der Waals surface area contributed by atoms with Crippen molar-refractivity contribution >= 4 is 28.7 Å². The minimum atomic E-state index is 0.00174. The Kier molecular flexibility index (Phi) is 5.69. The molecule has 2 aromatic rings. The minimum Gasteiger partial charge on any atom is -0.326 e. The summed E-state index contributed by atoms with van der Waals surface area (Å²) in [5.74, 6) is 0.00364. The van der Waals surface area contributed by atoms with E-state index in [4.69, 9.17) is 0 Å². The molecule has 0 spiro atoms. The van der Waals surface area contributed by atoms with Crippen LogP contribution in [0.25, 0.3) is 0 Å². The van der Waals surface area contributed by atoms with E-state index < -0.39 is 0 Å². The largest absolute Gasteiger partial charge is 0.326 e. The van der Waals surface area contributed by atoms with Crippen molar-refractivity contribution in [3.05, 3.63) is 52.2 Å². The van der Waals surface area contributed by atoms with Gasteiger partial charge >= 0.3 is 0 Å².